The monoisotopic (exact) mass is 422 g/mol. The number of carbonyl (C=O) groups is 2. The summed E-state index contributed by atoms with van der Waals surface area (Å²) >= 11 is 0. The molecule has 3 saturated heterocycles. The van der Waals surface area contributed by atoms with E-state index >= 15 is 0 Å². The maximum absolute atomic E-state index is 13.5. The zero-order chi connectivity index (χ0) is 21.4. The smallest absolute Gasteiger partial charge is 0.232 e. The Hall–Kier alpha value is -2.67. The van der Waals surface area contributed by atoms with Gasteiger partial charge in [-0.05, 0) is 26.3 Å². The number of nitrogens with zero attached hydrogens (tertiary/aromatic N) is 4. The lowest BCUT2D eigenvalue weighted by Gasteiger charge is -2.32. The SMILES string of the molecule is CN1C[C@H]2CN(C(=O)CCc3conc3-c3ccccc3)C[C@@]2(C(=O)N2CCCC2)C1. The molecule has 0 aliphatic carbocycles. The van der Waals surface area contributed by atoms with Gasteiger partial charge in [-0.3, -0.25) is 9.59 Å². The zero-order valence-electron chi connectivity index (χ0n) is 18.1. The van der Waals surface area contributed by atoms with Crippen molar-refractivity contribution < 1.29 is 14.1 Å². The van der Waals surface area contributed by atoms with Gasteiger partial charge < -0.3 is 19.2 Å². The van der Waals surface area contributed by atoms with Crippen molar-refractivity contribution in [2.75, 3.05) is 46.3 Å². The van der Waals surface area contributed by atoms with Crippen LogP contribution in [0, 0.1) is 11.3 Å². The molecule has 0 radical (unpaired) electrons. The molecule has 7 nitrogen and oxygen atoms in total. The first-order valence-electron chi connectivity index (χ1n) is 11.3. The summed E-state index contributed by atoms with van der Waals surface area (Å²) in [6, 6.07) is 9.89. The first kappa shape index (κ1) is 20.2. The van der Waals surface area contributed by atoms with E-state index in [1.807, 2.05) is 40.1 Å². The molecule has 0 unspecified atom stereocenters. The normalized spacial score (nSPS) is 25.9. The van der Waals surface area contributed by atoms with Crippen molar-refractivity contribution in [3.05, 3.63) is 42.2 Å². The van der Waals surface area contributed by atoms with Crippen LogP contribution in [0.2, 0.25) is 0 Å². The third kappa shape index (κ3) is 3.65. The maximum Gasteiger partial charge on any atom is 0.232 e. The van der Waals surface area contributed by atoms with Crippen LogP contribution in [0.25, 0.3) is 11.3 Å². The summed E-state index contributed by atoms with van der Waals surface area (Å²) in [5, 5.41) is 4.14. The van der Waals surface area contributed by atoms with Gasteiger partial charge in [0.05, 0.1) is 5.41 Å². The molecular formula is C24H30N4O3. The number of carbonyl (C=O) groups excluding carboxylic acids is 2. The van der Waals surface area contributed by atoms with Crippen LogP contribution in [0.1, 0.15) is 24.8 Å². The van der Waals surface area contributed by atoms with Crippen LogP contribution < -0.4 is 0 Å². The van der Waals surface area contributed by atoms with Gasteiger partial charge in [0.1, 0.15) is 12.0 Å². The quantitative estimate of drug-likeness (QED) is 0.740. The van der Waals surface area contributed by atoms with Crippen LogP contribution in [0.15, 0.2) is 41.1 Å². The molecule has 7 heteroatoms. The lowest BCUT2D eigenvalue weighted by Crippen LogP contribution is -2.49. The minimum absolute atomic E-state index is 0.117. The lowest BCUT2D eigenvalue weighted by atomic mass is 9.79. The molecule has 0 spiro atoms. The molecule has 1 aromatic carbocycles. The van der Waals surface area contributed by atoms with E-state index in [9.17, 15) is 9.59 Å². The molecule has 0 saturated carbocycles. The van der Waals surface area contributed by atoms with Crippen LogP contribution in [0.3, 0.4) is 0 Å². The van der Waals surface area contributed by atoms with E-state index in [4.69, 9.17) is 4.52 Å². The summed E-state index contributed by atoms with van der Waals surface area (Å²) in [6.45, 7) is 4.58. The van der Waals surface area contributed by atoms with Crippen molar-refractivity contribution in [1.82, 2.24) is 19.9 Å². The van der Waals surface area contributed by atoms with Crippen molar-refractivity contribution in [3.8, 4) is 11.3 Å². The number of aromatic nitrogens is 1. The summed E-state index contributed by atoms with van der Waals surface area (Å²) < 4.78 is 5.20. The minimum atomic E-state index is -0.429. The van der Waals surface area contributed by atoms with Crippen LogP contribution in [0.4, 0.5) is 0 Å². The Morgan fingerprint density at radius 2 is 1.87 bits per heavy atom. The fourth-order valence-electron chi connectivity index (χ4n) is 5.71. The molecule has 3 aliphatic rings. The van der Waals surface area contributed by atoms with Gasteiger partial charge in [-0.2, -0.15) is 0 Å². The molecule has 4 heterocycles. The molecule has 2 atom stereocenters. The van der Waals surface area contributed by atoms with Gasteiger partial charge in [0.2, 0.25) is 11.8 Å². The van der Waals surface area contributed by atoms with E-state index < -0.39 is 5.41 Å². The van der Waals surface area contributed by atoms with Crippen molar-refractivity contribution in [3.63, 3.8) is 0 Å². The molecule has 3 aliphatic heterocycles. The van der Waals surface area contributed by atoms with Crippen LogP contribution in [-0.2, 0) is 16.0 Å². The highest BCUT2D eigenvalue weighted by atomic mass is 16.5. The Kier molecular flexibility index (Phi) is 5.30. The molecule has 2 aromatic rings. The second-order valence-corrected chi connectivity index (χ2v) is 9.38. The van der Waals surface area contributed by atoms with Crippen LogP contribution in [0.5, 0.6) is 0 Å². The Morgan fingerprint density at radius 3 is 2.65 bits per heavy atom. The number of aryl methyl sites for hydroxylation is 1. The van der Waals surface area contributed by atoms with E-state index in [2.05, 4.69) is 17.1 Å². The Morgan fingerprint density at radius 1 is 1.10 bits per heavy atom. The maximum atomic E-state index is 13.5. The summed E-state index contributed by atoms with van der Waals surface area (Å²) in [7, 11) is 2.08. The second kappa shape index (κ2) is 8.11. The Balaban J connectivity index is 1.26. The van der Waals surface area contributed by atoms with E-state index in [1.165, 1.54) is 0 Å². The summed E-state index contributed by atoms with van der Waals surface area (Å²) in [6.07, 6.45) is 4.81. The van der Waals surface area contributed by atoms with Gasteiger partial charge in [-0.15, -0.1) is 0 Å². The standard InChI is InChI=1S/C24H30N4O3/c1-26-13-20-14-28(17-24(20,16-26)23(30)27-11-5-6-12-27)21(29)10-9-19-15-31-25-22(19)18-7-3-2-4-8-18/h2-4,7-8,15,20H,5-6,9-14,16-17H2,1H3/t20-,24-/m0/s1. The molecule has 31 heavy (non-hydrogen) atoms. The topological polar surface area (TPSA) is 69.9 Å². The summed E-state index contributed by atoms with van der Waals surface area (Å²) in [4.78, 5) is 32.8. The molecule has 164 valence electrons. The number of hydrogen-bond donors (Lipinski definition) is 0. The molecule has 5 rings (SSSR count). The van der Waals surface area contributed by atoms with E-state index in [0.29, 0.717) is 25.9 Å². The highest BCUT2D eigenvalue weighted by Gasteiger charge is 2.58. The fraction of sp³-hybridized carbons (Fsp3) is 0.542. The molecular weight excluding hydrogens is 392 g/mol. The largest absolute Gasteiger partial charge is 0.364 e. The van der Waals surface area contributed by atoms with Gasteiger partial charge in [0, 0.05) is 62.7 Å². The van der Waals surface area contributed by atoms with E-state index in [-0.39, 0.29) is 17.7 Å². The molecule has 0 bridgehead atoms. The zero-order valence-corrected chi connectivity index (χ0v) is 18.1. The number of likely N-dealkylation sites (tertiary alicyclic amines) is 3. The minimum Gasteiger partial charge on any atom is -0.364 e. The number of fused-ring (bicyclic) bond motifs is 1. The average molecular weight is 423 g/mol. The number of hydrogen-bond acceptors (Lipinski definition) is 5. The summed E-state index contributed by atoms with van der Waals surface area (Å²) in [5.41, 5.74) is 2.31. The molecule has 2 amide bonds. The van der Waals surface area contributed by atoms with Crippen LogP contribution >= 0.6 is 0 Å². The van der Waals surface area contributed by atoms with Gasteiger partial charge in [0.25, 0.3) is 0 Å². The average Bonchev–Trinajstić information content (AvgIpc) is 3.55. The van der Waals surface area contributed by atoms with E-state index in [0.717, 1.165) is 55.8 Å². The van der Waals surface area contributed by atoms with Crippen LogP contribution in [-0.4, -0.2) is 78.0 Å². The number of rotatable bonds is 5. The fourth-order valence-corrected chi connectivity index (χ4v) is 5.71. The highest BCUT2D eigenvalue weighted by Crippen LogP contribution is 2.44. The van der Waals surface area contributed by atoms with E-state index in [1.54, 1.807) is 6.26 Å². The van der Waals surface area contributed by atoms with Gasteiger partial charge in [0.15, 0.2) is 0 Å². The first-order valence-corrected chi connectivity index (χ1v) is 11.3. The van der Waals surface area contributed by atoms with Crippen molar-refractivity contribution in [2.24, 2.45) is 11.3 Å². The predicted octanol–water partition coefficient (Wildman–Crippen LogP) is 2.29. The third-order valence-corrected chi connectivity index (χ3v) is 7.25. The lowest BCUT2D eigenvalue weighted by molar-refractivity contribution is -0.141. The third-order valence-electron chi connectivity index (χ3n) is 7.25. The predicted molar refractivity (Wildman–Crippen MR) is 116 cm³/mol. The van der Waals surface area contributed by atoms with Gasteiger partial charge >= 0.3 is 0 Å². The highest BCUT2D eigenvalue weighted by molar-refractivity contribution is 5.87. The second-order valence-electron chi connectivity index (χ2n) is 9.38. The molecule has 1 aromatic heterocycles. The number of amides is 2. The van der Waals surface area contributed by atoms with Gasteiger partial charge in [-0.25, -0.2) is 0 Å². The van der Waals surface area contributed by atoms with Crippen molar-refractivity contribution >= 4 is 11.8 Å². The Labute approximate surface area is 183 Å². The summed E-state index contributed by atoms with van der Waals surface area (Å²) in [5.74, 6) is 0.607. The number of benzene rings is 1. The Bertz CT molecular complexity index is 953. The first-order chi connectivity index (χ1) is 15.1. The van der Waals surface area contributed by atoms with Gasteiger partial charge in [-0.1, -0.05) is 35.5 Å². The van der Waals surface area contributed by atoms with Crippen molar-refractivity contribution in [1.29, 1.82) is 0 Å². The molecule has 3 fully saturated rings. The molecule has 0 N–H and O–H groups in total. The van der Waals surface area contributed by atoms with Crippen molar-refractivity contribution in [2.45, 2.75) is 25.7 Å².